The normalized spacial score (nSPS) is 12.0. The van der Waals surface area contributed by atoms with E-state index in [4.69, 9.17) is 15.0 Å². The molecule has 4 nitrogen and oxygen atoms in total. The third kappa shape index (κ3) is 7.35. The van der Waals surface area contributed by atoms with E-state index in [1.54, 1.807) is 17.4 Å². The Morgan fingerprint density at radius 3 is 2.02 bits per heavy atom. The molecule has 0 fully saturated rings. The van der Waals surface area contributed by atoms with Crippen LogP contribution in [0.15, 0.2) is 180 Å². The van der Waals surface area contributed by atoms with Crippen LogP contribution in [0.5, 0.6) is 0 Å². The predicted octanol–water partition coefficient (Wildman–Crippen LogP) is 12.2. The zero-order valence-electron chi connectivity index (χ0n) is 28.4. The van der Waals surface area contributed by atoms with Crippen LogP contribution >= 0.6 is 11.3 Å². The van der Waals surface area contributed by atoms with Crippen molar-refractivity contribution >= 4 is 45.1 Å². The predicted molar refractivity (Wildman–Crippen MR) is 218 cm³/mol. The molecule has 2 aromatic heterocycles. The molecule has 5 heteroatoms. The Kier molecular flexibility index (Phi) is 10.1. The summed E-state index contributed by atoms with van der Waals surface area (Å²) in [5.41, 5.74) is 10.6. The average molecular weight is 677 g/mol. The largest absolute Gasteiger partial charge is 0.278 e. The van der Waals surface area contributed by atoms with Gasteiger partial charge in [0.2, 0.25) is 0 Å². The fraction of sp³-hybridized carbons (Fsp3) is 0.0435. The smallest absolute Gasteiger partial charge is 0.160 e. The van der Waals surface area contributed by atoms with E-state index < -0.39 is 0 Å². The lowest BCUT2D eigenvalue weighted by atomic mass is 9.97. The molecule has 51 heavy (non-hydrogen) atoms. The Balaban J connectivity index is 1.41. The molecule has 0 saturated heterocycles. The molecule has 7 rings (SSSR count). The number of aromatic nitrogens is 2. The van der Waals surface area contributed by atoms with E-state index in [-0.39, 0.29) is 0 Å². The van der Waals surface area contributed by atoms with Crippen molar-refractivity contribution in [1.82, 2.24) is 9.97 Å². The number of nitrogens with zero attached hydrogens (tertiary/aromatic N) is 4. The summed E-state index contributed by atoms with van der Waals surface area (Å²) in [6.45, 7) is 10.3. The molecule has 0 spiro atoms. The highest BCUT2D eigenvalue weighted by molar-refractivity contribution is 7.21. The van der Waals surface area contributed by atoms with Crippen LogP contribution in [0, 0.1) is 0 Å². The molecule has 0 aliphatic carbocycles. The minimum absolute atomic E-state index is 0.451. The highest BCUT2D eigenvalue weighted by Crippen LogP contribution is 2.39. The number of rotatable bonds is 11. The van der Waals surface area contributed by atoms with Crippen molar-refractivity contribution in [3.8, 4) is 33.6 Å². The van der Waals surface area contributed by atoms with E-state index in [9.17, 15) is 0 Å². The molecule has 246 valence electrons. The first-order valence-corrected chi connectivity index (χ1v) is 17.7. The van der Waals surface area contributed by atoms with Gasteiger partial charge >= 0.3 is 0 Å². The number of hydrogen-bond donors (Lipinski definition) is 0. The van der Waals surface area contributed by atoms with Gasteiger partial charge in [0.25, 0.3) is 0 Å². The summed E-state index contributed by atoms with van der Waals surface area (Å²) >= 11 is 1.70. The zero-order valence-corrected chi connectivity index (χ0v) is 29.2. The Bertz CT molecular complexity index is 2420. The summed E-state index contributed by atoms with van der Waals surface area (Å²) < 4.78 is 1.16. The molecule has 0 amide bonds. The third-order valence-corrected chi connectivity index (χ3v) is 9.67. The highest BCUT2D eigenvalue weighted by Gasteiger charge is 2.18. The Hall–Kier alpha value is -6.30. The number of benzene rings is 5. The number of fused-ring (bicyclic) bond motifs is 1. The summed E-state index contributed by atoms with van der Waals surface area (Å²) in [7, 11) is 0. The minimum Gasteiger partial charge on any atom is -0.278 e. The monoisotopic (exact) mass is 676 g/mol. The van der Waals surface area contributed by atoms with E-state index in [1.807, 2.05) is 73.7 Å². The molecule has 2 heterocycles. The van der Waals surface area contributed by atoms with E-state index in [0.717, 1.165) is 76.7 Å². The van der Waals surface area contributed by atoms with Gasteiger partial charge < -0.3 is 0 Å². The summed E-state index contributed by atoms with van der Waals surface area (Å²) in [6, 6.07) is 48.1. The molecule has 0 radical (unpaired) electrons. The molecule has 0 atom stereocenters. The molecule has 0 unspecified atom stereocenters. The SMILES string of the molecule is C=C/C=C(\C=C/C)c1nc(-c2ccccc2)cc(-c2cc(CN=C(c3ccccc3)c3sc4ccccc4c3N=C)cc(-c3ccccc3)c2)n1. The highest BCUT2D eigenvalue weighted by atomic mass is 32.1. The lowest BCUT2D eigenvalue weighted by molar-refractivity contribution is 1.07. The van der Waals surface area contributed by atoms with E-state index in [1.165, 1.54) is 0 Å². The van der Waals surface area contributed by atoms with Gasteiger partial charge in [-0.15, -0.1) is 11.3 Å². The number of allylic oxidation sites excluding steroid dienone is 5. The second kappa shape index (κ2) is 15.5. The van der Waals surface area contributed by atoms with Crippen LogP contribution in [-0.4, -0.2) is 22.4 Å². The van der Waals surface area contributed by atoms with Crippen LogP contribution in [0.25, 0.3) is 49.3 Å². The van der Waals surface area contributed by atoms with E-state index >= 15 is 0 Å². The molecule has 7 aromatic rings. The number of thiophene rings is 1. The van der Waals surface area contributed by atoms with Crippen LogP contribution in [0.2, 0.25) is 0 Å². The standard InChI is InChI=1S/C46H36N4S/c1-4-17-36(18-5-2)46-49-40(34-21-11-7-12-22-34)30-41(50-46)38-28-32(27-37(29-38)33-19-9-6-10-20-33)31-48-43(35-23-13-8-14-24-35)45-44(47-3)39-25-15-16-26-42(39)51-45/h4-30H,1,3,31H2,2H3/b18-5-,36-17+,48-43?. The molecular weight excluding hydrogens is 641 g/mol. The summed E-state index contributed by atoms with van der Waals surface area (Å²) in [5.74, 6) is 0.634. The molecule has 0 N–H and O–H groups in total. The first-order chi connectivity index (χ1) is 25.1. The Morgan fingerprint density at radius 1 is 0.706 bits per heavy atom. The molecule has 0 saturated carbocycles. The van der Waals surface area contributed by atoms with Gasteiger partial charge in [-0.1, -0.05) is 140 Å². The minimum atomic E-state index is 0.451. The fourth-order valence-corrected chi connectivity index (χ4v) is 7.32. The maximum atomic E-state index is 5.34. The molecular formula is C46H36N4S. The third-order valence-electron chi connectivity index (χ3n) is 8.50. The zero-order chi connectivity index (χ0) is 35.0. The molecule has 0 bridgehead atoms. The van der Waals surface area contributed by atoms with Crippen molar-refractivity contribution in [1.29, 1.82) is 0 Å². The first-order valence-electron chi connectivity index (χ1n) is 16.8. The van der Waals surface area contributed by atoms with E-state index in [0.29, 0.717) is 12.4 Å². The maximum Gasteiger partial charge on any atom is 0.160 e. The van der Waals surface area contributed by atoms with Crippen molar-refractivity contribution in [3.05, 3.63) is 192 Å². The van der Waals surface area contributed by atoms with Crippen LogP contribution < -0.4 is 0 Å². The quantitative estimate of drug-likeness (QED) is 0.101. The second-order valence-electron chi connectivity index (χ2n) is 11.9. The fourth-order valence-electron chi connectivity index (χ4n) is 6.13. The van der Waals surface area contributed by atoms with Crippen LogP contribution in [0.1, 0.15) is 28.8 Å². The first kappa shape index (κ1) is 33.2. The molecule has 5 aromatic carbocycles. The van der Waals surface area contributed by atoms with Gasteiger partial charge in [0.05, 0.1) is 34.2 Å². The Morgan fingerprint density at radius 2 is 1.33 bits per heavy atom. The summed E-state index contributed by atoms with van der Waals surface area (Å²) in [6.07, 6.45) is 7.73. The van der Waals surface area contributed by atoms with Crippen LogP contribution in [0.3, 0.4) is 0 Å². The lowest BCUT2D eigenvalue weighted by Crippen LogP contribution is -2.03. The number of aliphatic imine (C=N–C) groups is 2. The van der Waals surface area contributed by atoms with Crippen molar-refractivity contribution in [3.63, 3.8) is 0 Å². The van der Waals surface area contributed by atoms with Crippen LogP contribution in [0.4, 0.5) is 5.69 Å². The van der Waals surface area contributed by atoms with Crippen LogP contribution in [-0.2, 0) is 6.54 Å². The summed E-state index contributed by atoms with van der Waals surface area (Å²) in [5, 5.41) is 1.08. The topological polar surface area (TPSA) is 50.5 Å². The van der Waals surface area contributed by atoms with Gasteiger partial charge in [-0.05, 0) is 60.7 Å². The van der Waals surface area contributed by atoms with Gasteiger partial charge in [-0.3, -0.25) is 9.98 Å². The van der Waals surface area contributed by atoms with Gasteiger partial charge in [0.1, 0.15) is 0 Å². The summed E-state index contributed by atoms with van der Waals surface area (Å²) in [4.78, 5) is 21.0. The lowest BCUT2D eigenvalue weighted by Gasteiger charge is -2.13. The average Bonchev–Trinajstić information content (AvgIpc) is 3.57. The van der Waals surface area contributed by atoms with Crippen molar-refractivity contribution in [2.24, 2.45) is 9.98 Å². The molecule has 0 aliphatic heterocycles. The van der Waals surface area contributed by atoms with Gasteiger partial charge in [-0.25, -0.2) is 9.97 Å². The van der Waals surface area contributed by atoms with Crippen molar-refractivity contribution in [2.45, 2.75) is 13.5 Å². The maximum absolute atomic E-state index is 5.34. The second-order valence-corrected chi connectivity index (χ2v) is 13.0. The van der Waals surface area contributed by atoms with E-state index in [2.05, 4.69) is 109 Å². The van der Waals surface area contributed by atoms with Crippen molar-refractivity contribution < 1.29 is 0 Å². The number of hydrogen-bond acceptors (Lipinski definition) is 5. The molecule has 0 aliphatic rings. The van der Waals surface area contributed by atoms with Gasteiger partial charge in [0, 0.05) is 32.3 Å². The van der Waals surface area contributed by atoms with Crippen molar-refractivity contribution in [2.75, 3.05) is 0 Å². The van der Waals surface area contributed by atoms with Gasteiger partial charge in [-0.2, -0.15) is 0 Å². The van der Waals surface area contributed by atoms with Gasteiger partial charge in [0.15, 0.2) is 5.82 Å². The Labute approximate surface area is 303 Å².